The van der Waals surface area contributed by atoms with Crippen molar-refractivity contribution in [3.8, 4) is 5.75 Å². The van der Waals surface area contributed by atoms with Gasteiger partial charge in [0.15, 0.2) is 0 Å². The van der Waals surface area contributed by atoms with Crippen molar-refractivity contribution in [3.05, 3.63) is 24.3 Å². The zero-order chi connectivity index (χ0) is 8.27. The topological polar surface area (TPSA) is 26.3 Å². The molecule has 0 spiro atoms. The summed E-state index contributed by atoms with van der Waals surface area (Å²) >= 11 is 0. The Bertz CT molecular complexity index is 271. The molecule has 0 fully saturated rings. The molecule has 1 aromatic rings. The third-order valence-electron chi connectivity index (χ3n) is 1.25. The van der Waals surface area contributed by atoms with E-state index in [0.29, 0.717) is 5.75 Å². The monoisotopic (exact) mass is 148 g/mol. The zero-order valence-electron chi connectivity index (χ0n) is 6.63. The van der Waals surface area contributed by atoms with Crippen molar-refractivity contribution in [2.75, 3.05) is 0 Å². The summed E-state index contributed by atoms with van der Waals surface area (Å²) in [6.07, 6.45) is 0. The fourth-order valence-corrected chi connectivity index (χ4v) is 0.845. The van der Waals surface area contributed by atoms with Crippen molar-refractivity contribution >= 4 is 19.3 Å². The second kappa shape index (κ2) is 3.24. The summed E-state index contributed by atoms with van der Waals surface area (Å²) in [7, 11) is 1.95. The van der Waals surface area contributed by atoms with Gasteiger partial charge >= 0.3 is 5.97 Å². The molecule has 0 atom stereocenters. The van der Waals surface area contributed by atoms with E-state index in [4.69, 9.17) is 4.74 Å². The van der Waals surface area contributed by atoms with Gasteiger partial charge < -0.3 is 4.74 Å². The number of carbonyl (C=O) groups excluding carboxylic acids is 1. The van der Waals surface area contributed by atoms with Gasteiger partial charge in [0.2, 0.25) is 0 Å². The first-order valence-corrected chi connectivity index (χ1v) is 3.43. The Labute approximate surface area is 66.6 Å². The summed E-state index contributed by atoms with van der Waals surface area (Å²) in [4.78, 5) is 10.5. The molecule has 0 saturated heterocycles. The molecule has 56 valence electrons. The van der Waals surface area contributed by atoms with Crippen LogP contribution in [0.25, 0.3) is 0 Å². The molecular weight excluding hydrogens is 139 g/mol. The maximum Gasteiger partial charge on any atom is 0.308 e. The fraction of sp³-hybridized carbons (Fsp3) is 0.125. The van der Waals surface area contributed by atoms with Gasteiger partial charge in [0, 0.05) is 6.92 Å². The van der Waals surface area contributed by atoms with Crippen LogP contribution in [-0.2, 0) is 4.79 Å². The predicted octanol–water partition coefficient (Wildman–Crippen LogP) is -0.130. The average molecular weight is 148 g/mol. The van der Waals surface area contributed by atoms with Crippen LogP contribution in [0.3, 0.4) is 0 Å². The number of rotatable bonds is 1. The first-order chi connectivity index (χ1) is 5.18. The van der Waals surface area contributed by atoms with E-state index in [1.165, 1.54) is 6.92 Å². The molecular formula is C8H9BO2. The Balaban J connectivity index is 2.79. The van der Waals surface area contributed by atoms with Gasteiger partial charge in [0.1, 0.15) is 13.6 Å². The number of hydrogen-bond donors (Lipinski definition) is 0. The molecule has 0 aliphatic heterocycles. The van der Waals surface area contributed by atoms with Crippen LogP contribution in [0.5, 0.6) is 5.75 Å². The Morgan fingerprint density at radius 2 is 2.27 bits per heavy atom. The highest BCUT2D eigenvalue weighted by Gasteiger charge is 1.95. The highest BCUT2D eigenvalue weighted by molar-refractivity contribution is 6.32. The Kier molecular flexibility index (Phi) is 2.31. The van der Waals surface area contributed by atoms with Crippen molar-refractivity contribution in [3.63, 3.8) is 0 Å². The van der Waals surface area contributed by atoms with E-state index < -0.39 is 0 Å². The Morgan fingerprint density at radius 1 is 1.55 bits per heavy atom. The smallest absolute Gasteiger partial charge is 0.308 e. The number of ether oxygens (including phenoxy) is 1. The minimum absolute atomic E-state index is 0.282. The van der Waals surface area contributed by atoms with Gasteiger partial charge in [-0.15, -0.1) is 0 Å². The van der Waals surface area contributed by atoms with Gasteiger partial charge in [-0.3, -0.25) is 4.79 Å². The van der Waals surface area contributed by atoms with E-state index in [2.05, 4.69) is 0 Å². The van der Waals surface area contributed by atoms with Crippen LogP contribution in [-0.4, -0.2) is 13.8 Å². The molecule has 0 aromatic heterocycles. The number of carbonyl (C=O) groups is 1. The van der Waals surface area contributed by atoms with Crippen molar-refractivity contribution in [1.29, 1.82) is 0 Å². The average Bonchev–Trinajstić information content (AvgIpc) is 1.85. The highest BCUT2D eigenvalue weighted by atomic mass is 16.5. The zero-order valence-corrected chi connectivity index (χ0v) is 6.63. The standard InChI is InChI=1S/C8H9BO2/c1-6(10)11-8-4-2-3-7(9)5-8/h2-5H,9H2,1H3. The largest absolute Gasteiger partial charge is 0.427 e. The van der Waals surface area contributed by atoms with E-state index in [1.54, 1.807) is 6.07 Å². The number of esters is 1. The van der Waals surface area contributed by atoms with Crippen LogP contribution < -0.4 is 10.2 Å². The molecule has 0 aliphatic carbocycles. The summed E-state index contributed by atoms with van der Waals surface area (Å²) in [5.41, 5.74) is 1.09. The van der Waals surface area contributed by atoms with Crippen LogP contribution in [0.1, 0.15) is 6.92 Å². The molecule has 1 rings (SSSR count). The SMILES string of the molecule is Bc1cccc(OC(C)=O)c1. The minimum Gasteiger partial charge on any atom is -0.427 e. The summed E-state index contributed by atoms with van der Waals surface area (Å²) in [5, 5.41) is 0. The minimum atomic E-state index is -0.282. The lowest BCUT2D eigenvalue weighted by Crippen LogP contribution is -2.05. The maximum absolute atomic E-state index is 10.5. The predicted molar refractivity (Wildman–Crippen MR) is 45.9 cm³/mol. The normalized spacial score (nSPS) is 9.18. The van der Waals surface area contributed by atoms with Crippen LogP contribution in [0.4, 0.5) is 0 Å². The molecule has 0 unspecified atom stereocenters. The second-order valence-corrected chi connectivity index (χ2v) is 2.41. The molecule has 0 N–H and O–H groups in total. The summed E-state index contributed by atoms with van der Waals surface area (Å²) in [6.45, 7) is 1.39. The van der Waals surface area contributed by atoms with E-state index in [9.17, 15) is 4.79 Å². The second-order valence-electron chi connectivity index (χ2n) is 2.41. The quantitative estimate of drug-likeness (QED) is 0.315. The van der Waals surface area contributed by atoms with Crippen molar-refractivity contribution in [2.45, 2.75) is 6.92 Å². The Morgan fingerprint density at radius 3 is 2.82 bits per heavy atom. The van der Waals surface area contributed by atoms with Gasteiger partial charge in [-0.05, 0) is 12.1 Å². The van der Waals surface area contributed by atoms with Gasteiger partial charge in [0.05, 0.1) is 0 Å². The van der Waals surface area contributed by atoms with Crippen molar-refractivity contribution in [2.24, 2.45) is 0 Å². The lowest BCUT2D eigenvalue weighted by atomic mass is 9.96. The van der Waals surface area contributed by atoms with E-state index in [0.717, 1.165) is 5.46 Å². The van der Waals surface area contributed by atoms with E-state index in [1.807, 2.05) is 26.0 Å². The lowest BCUT2D eigenvalue weighted by Gasteiger charge is -2.00. The molecule has 0 radical (unpaired) electrons. The summed E-state index contributed by atoms with van der Waals surface area (Å²) in [6, 6.07) is 7.39. The van der Waals surface area contributed by atoms with E-state index >= 15 is 0 Å². The van der Waals surface area contributed by atoms with Crippen LogP contribution >= 0.6 is 0 Å². The number of benzene rings is 1. The molecule has 0 heterocycles. The third-order valence-corrected chi connectivity index (χ3v) is 1.25. The van der Waals surface area contributed by atoms with Crippen molar-refractivity contribution in [1.82, 2.24) is 0 Å². The van der Waals surface area contributed by atoms with Crippen molar-refractivity contribution < 1.29 is 9.53 Å². The van der Waals surface area contributed by atoms with Gasteiger partial charge in [-0.1, -0.05) is 17.6 Å². The number of hydrogen-bond acceptors (Lipinski definition) is 2. The van der Waals surface area contributed by atoms with Gasteiger partial charge in [-0.25, -0.2) is 0 Å². The first kappa shape index (κ1) is 7.86. The Hall–Kier alpha value is -1.25. The molecule has 0 bridgehead atoms. The molecule has 0 saturated carbocycles. The van der Waals surface area contributed by atoms with Crippen LogP contribution in [0.15, 0.2) is 24.3 Å². The molecule has 0 aliphatic rings. The summed E-state index contributed by atoms with van der Waals surface area (Å²) < 4.78 is 4.86. The van der Waals surface area contributed by atoms with Crippen LogP contribution in [0.2, 0.25) is 0 Å². The molecule has 11 heavy (non-hydrogen) atoms. The third kappa shape index (κ3) is 2.46. The van der Waals surface area contributed by atoms with E-state index in [-0.39, 0.29) is 5.97 Å². The maximum atomic E-state index is 10.5. The highest BCUT2D eigenvalue weighted by Crippen LogP contribution is 2.05. The molecule has 2 nitrogen and oxygen atoms in total. The fourth-order valence-electron chi connectivity index (χ4n) is 0.845. The lowest BCUT2D eigenvalue weighted by molar-refractivity contribution is -0.131. The first-order valence-electron chi connectivity index (χ1n) is 3.43. The van der Waals surface area contributed by atoms with Crippen LogP contribution in [0, 0.1) is 0 Å². The van der Waals surface area contributed by atoms with Gasteiger partial charge in [-0.2, -0.15) is 0 Å². The molecule has 0 amide bonds. The van der Waals surface area contributed by atoms with Gasteiger partial charge in [0.25, 0.3) is 0 Å². The molecule has 1 aromatic carbocycles. The summed E-state index contributed by atoms with van der Waals surface area (Å²) in [5.74, 6) is 0.327. The molecule has 3 heteroatoms.